The number of pyridine rings is 1. The number of carbonyl (C=O) groups is 1. The minimum Gasteiger partial charge on any atom is -0.451 e. The SMILES string of the molecule is O=C(N[C@@H]1COC[C@H]1Cc1ccnc2ccccc12)c1cc(=O)c2ccccc2o1. The van der Waals surface area contributed by atoms with Gasteiger partial charge in [-0.15, -0.1) is 0 Å². The molecule has 1 aliphatic heterocycles. The van der Waals surface area contributed by atoms with Crippen LogP contribution in [0.1, 0.15) is 16.1 Å². The number of fused-ring (bicyclic) bond motifs is 2. The van der Waals surface area contributed by atoms with E-state index in [-0.39, 0.29) is 23.1 Å². The van der Waals surface area contributed by atoms with E-state index < -0.39 is 5.91 Å². The zero-order valence-electron chi connectivity index (χ0n) is 16.2. The first-order valence-corrected chi connectivity index (χ1v) is 9.93. The Bertz CT molecular complexity index is 1290. The molecule has 6 nitrogen and oxygen atoms in total. The van der Waals surface area contributed by atoms with Crippen molar-refractivity contribution in [2.24, 2.45) is 5.92 Å². The van der Waals surface area contributed by atoms with Crippen LogP contribution in [0.15, 0.2) is 76.1 Å². The van der Waals surface area contributed by atoms with E-state index in [9.17, 15) is 9.59 Å². The Hall–Kier alpha value is -3.51. The van der Waals surface area contributed by atoms with Gasteiger partial charge in [0, 0.05) is 23.6 Å². The lowest BCUT2D eigenvalue weighted by molar-refractivity contribution is 0.0897. The summed E-state index contributed by atoms with van der Waals surface area (Å²) in [5.74, 6) is -0.274. The number of hydrogen-bond donors (Lipinski definition) is 1. The summed E-state index contributed by atoms with van der Waals surface area (Å²) in [4.78, 5) is 29.5. The molecule has 0 saturated carbocycles. The molecule has 2 aromatic carbocycles. The Morgan fingerprint density at radius 1 is 1.03 bits per heavy atom. The fourth-order valence-corrected chi connectivity index (χ4v) is 4.03. The van der Waals surface area contributed by atoms with E-state index >= 15 is 0 Å². The first-order chi connectivity index (χ1) is 14.7. The van der Waals surface area contributed by atoms with Crippen LogP contribution >= 0.6 is 0 Å². The molecule has 1 N–H and O–H groups in total. The topological polar surface area (TPSA) is 81.4 Å². The van der Waals surface area contributed by atoms with Crippen molar-refractivity contribution in [1.29, 1.82) is 0 Å². The van der Waals surface area contributed by atoms with Crippen molar-refractivity contribution < 1.29 is 13.9 Å². The summed E-state index contributed by atoms with van der Waals surface area (Å²) < 4.78 is 11.3. The lowest BCUT2D eigenvalue weighted by Gasteiger charge is -2.19. The number of aromatic nitrogens is 1. The Labute approximate surface area is 172 Å². The van der Waals surface area contributed by atoms with E-state index in [0.29, 0.717) is 24.2 Å². The van der Waals surface area contributed by atoms with Crippen LogP contribution in [0.2, 0.25) is 0 Å². The third kappa shape index (κ3) is 3.46. The molecule has 150 valence electrons. The Balaban J connectivity index is 1.37. The van der Waals surface area contributed by atoms with Crippen LogP contribution < -0.4 is 10.7 Å². The van der Waals surface area contributed by atoms with Crippen molar-refractivity contribution in [1.82, 2.24) is 10.3 Å². The van der Waals surface area contributed by atoms with E-state index in [1.165, 1.54) is 11.6 Å². The number of benzene rings is 2. The van der Waals surface area contributed by atoms with E-state index in [2.05, 4.69) is 16.4 Å². The highest BCUT2D eigenvalue weighted by Gasteiger charge is 2.31. The lowest BCUT2D eigenvalue weighted by atomic mass is 9.93. The minimum atomic E-state index is -0.405. The maximum Gasteiger partial charge on any atom is 0.287 e. The molecule has 0 radical (unpaired) electrons. The van der Waals surface area contributed by atoms with Crippen LogP contribution in [0, 0.1) is 5.92 Å². The first kappa shape index (κ1) is 18.5. The molecule has 5 rings (SSSR count). The largest absolute Gasteiger partial charge is 0.451 e. The number of rotatable bonds is 4. The van der Waals surface area contributed by atoms with E-state index in [1.807, 2.05) is 30.5 Å². The number of nitrogens with zero attached hydrogens (tertiary/aromatic N) is 1. The molecule has 0 unspecified atom stereocenters. The van der Waals surface area contributed by atoms with Gasteiger partial charge in [0.05, 0.1) is 30.2 Å². The highest BCUT2D eigenvalue weighted by molar-refractivity contribution is 5.93. The maximum atomic E-state index is 12.8. The Morgan fingerprint density at radius 3 is 2.73 bits per heavy atom. The predicted octanol–water partition coefficient (Wildman–Crippen LogP) is 3.33. The van der Waals surface area contributed by atoms with E-state index in [0.717, 1.165) is 17.3 Å². The van der Waals surface area contributed by atoms with Gasteiger partial charge in [-0.3, -0.25) is 14.6 Å². The molecule has 3 heterocycles. The van der Waals surface area contributed by atoms with Gasteiger partial charge >= 0.3 is 0 Å². The van der Waals surface area contributed by atoms with Gasteiger partial charge in [-0.1, -0.05) is 30.3 Å². The van der Waals surface area contributed by atoms with Crippen LogP contribution in [0.5, 0.6) is 0 Å². The van der Waals surface area contributed by atoms with Crippen molar-refractivity contribution in [2.75, 3.05) is 13.2 Å². The normalized spacial score (nSPS) is 18.7. The maximum absolute atomic E-state index is 12.8. The summed E-state index contributed by atoms with van der Waals surface area (Å²) in [5.41, 5.74) is 2.29. The quantitative estimate of drug-likeness (QED) is 0.568. The number of nitrogens with one attached hydrogen (secondary N) is 1. The van der Waals surface area contributed by atoms with Gasteiger partial charge in [-0.2, -0.15) is 0 Å². The highest BCUT2D eigenvalue weighted by Crippen LogP contribution is 2.24. The predicted molar refractivity (Wildman–Crippen MR) is 113 cm³/mol. The number of ether oxygens (including phenoxy) is 1. The van der Waals surface area contributed by atoms with Crippen LogP contribution in [0.4, 0.5) is 0 Å². The molecule has 1 fully saturated rings. The second kappa shape index (κ2) is 7.72. The van der Waals surface area contributed by atoms with Crippen molar-refractivity contribution in [2.45, 2.75) is 12.5 Å². The van der Waals surface area contributed by atoms with Crippen molar-refractivity contribution >= 4 is 27.8 Å². The van der Waals surface area contributed by atoms with Crippen molar-refractivity contribution in [3.05, 3.63) is 88.4 Å². The number of amides is 1. The van der Waals surface area contributed by atoms with Gasteiger partial charge in [-0.05, 0) is 36.2 Å². The van der Waals surface area contributed by atoms with Crippen LogP contribution in [0.3, 0.4) is 0 Å². The lowest BCUT2D eigenvalue weighted by Crippen LogP contribution is -2.40. The summed E-state index contributed by atoms with van der Waals surface area (Å²) in [6.07, 6.45) is 2.57. The van der Waals surface area contributed by atoms with E-state index in [1.54, 1.807) is 24.3 Å². The minimum absolute atomic E-state index is 0.0127. The second-order valence-electron chi connectivity index (χ2n) is 7.54. The Kier molecular flexibility index (Phi) is 4.77. The first-order valence-electron chi connectivity index (χ1n) is 9.93. The molecule has 2 atom stereocenters. The Morgan fingerprint density at radius 2 is 1.83 bits per heavy atom. The van der Waals surface area contributed by atoms with E-state index in [4.69, 9.17) is 9.15 Å². The smallest absolute Gasteiger partial charge is 0.287 e. The monoisotopic (exact) mass is 400 g/mol. The van der Waals surface area contributed by atoms with Gasteiger partial charge < -0.3 is 14.5 Å². The van der Waals surface area contributed by atoms with Crippen molar-refractivity contribution in [3.63, 3.8) is 0 Å². The number of hydrogen-bond acceptors (Lipinski definition) is 5. The highest BCUT2D eigenvalue weighted by atomic mass is 16.5. The molecule has 2 aromatic heterocycles. The van der Waals surface area contributed by atoms with Gasteiger partial charge in [-0.25, -0.2) is 0 Å². The molecule has 1 aliphatic rings. The summed E-state index contributed by atoms with van der Waals surface area (Å²) in [5, 5.41) is 4.56. The number of para-hydroxylation sites is 2. The summed E-state index contributed by atoms with van der Waals surface area (Å²) in [6.45, 7) is 0.987. The third-order valence-corrected chi connectivity index (χ3v) is 5.59. The third-order valence-electron chi connectivity index (χ3n) is 5.59. The van der Waals surface area contributed by atoms with Crippen LogP contribution in [-0.4, -0.2) is 30.1 Å². The van der Waals surface area contributed by atoms with Gasteiger partial charge in [0.1, 0.15) is 5.58 Å². The second-order valence-corrected chi connectivity index (χ2v) is 7.54. The average Bonchev–Trinajstić information content (AvgIpc) is 3.20. The molecule has 4 aromatic rings. The standard InChI is InChI=1S/C24H20N2O4/c27-21-12-23(30-22-8-4-2-6-18(21)22)24(28)26-20-14-29-13-16(20)11-15-9-10-25-19-7-3-1-5-17(15)19/h1-10,12,16,20H,11,13-14H2,(H,26,28)/t16-,20-/m1/s1. The summed E-state index contributed by atoms with van der Waals surface area (Å²) in [7, 11) is 0. The molecule has 0 spiro atoms. The zero-order chi connectivity index (χ0) is 20.5. The number of carbonyl (C=O) groups excluding carboxylic acids is 1. The molecular weight excluding hydrogens is 380 g/mol. The zero-order valence-corrected chi connectivity index (χ0v) is 16.2. The fraction of sp³-hybridized carbons (Fsp3) is 0.208. The van der Waals surface area contributed by atoms with Gasteiger partial charge in [0.15, 0.2) is 11.2 Å². The molecular formula is C24H20N2O4. The van der Waals surface area contributed by atoms with Crippen LogP contribution in [-0.2, 0) is 11.2 Å². The summed E-state index contributed by atoms with van der Waals surface area (Å²) in [6, 6.07) is 18.0. The molecule has 30 heavy (non-hydrogen) atoms. The molecule has 0 aliphatic carbocycles. The molecule has 1 saturated heterocycles. The van der Waals surface area contributed by atoms with Gasteiger partial charge in [0.25, 0.3) is 5.91 Å². The average molecular weight is 400 g/mol. The van der Waals surface area contributed by atoms with Crippen molar-refractivity contribution in [3.8, 4) is 0 Å². The fourth-order valence-electron chi connectivity index (χ4n) is 4.03. The summed E-state index contributed by atoms with van der Waals surface area (Å²) >= 11 is 0. The van der Waals surface area contributed by atoms with Gasteiger partial charge in [0.2, 0.25) is 0 Å². The molecule has 1 amide bonds. The molecule has 0 bridgehead atoms. The molecule has 6 heteroatoms. The van der Waals surface area contributed by atoms with Crippen LogP contribution in [0.25, 0.3) is 21.9 Å².